The summed E-state index contributed by atoms with van der Waals surface area (Å²) >= 11 is 0. The molecule has 4 nitrogen and oxygen atoms in total. The number of urea groups is 1. The Morgan fingerprint density at radius 3 is 2.38 bits per heavy atom. The van der Waals surface area contributed by atoms with E-state index in [9.17, 15) is 4.79 Å². The monoisotopic (exact) mass is 289 g/mol. The van der Waals surface area contributed by atoms with E-state index in [1.54, 1.807) is 0 Å². The van der Waals surface area contributed by atoms with Crippen molar-refractivity contribution in [1.82, 2.24) is 15.1 Å². The van der Waals surface area contributed by atoms with Gasteiger partial charge in [-0.3, -0.25) is 4.90 Å². The molecule has 1 aliphatic heterocycles. The minimum absolute atomic E-state index is 0.0550. The number of hydrogen-bond acceptors (Lipinski definition) is 2. The number of nitrogens with zero attached hydrogens (tertiary/aromatic N) is 2. The van der Waals surface area contributed by atoms with Crippen molar-refractivity contribution in [3.8, 4) is 0 Å². The molecule has 0 radical (unpaired) electrons. The van der Waals surface area contributed by atoms with Crippen molar-refractivity contribution in [2.24, 2.45) is 0 Å². The summed E-state index contributed by atoms with van der Waals surface area (Å²) in [5.74, 6) is 0. The number of hydrogen-bond donors (Lipinski definition) is 1. The van der Waals surface area contributed by atoms with E-state index in [0.29, 0.717) is 12.6 Å². The van der Waals surface area contributed by atoms with Gasteiger partial charge in [-0.05, 0) is 25.8 Å². The van der Waals surface area contributed by atoms with Crippen molar-refractivity contribution in [1.29, 1.82) is 0 Å². The van der Waals surface area contributed by atoms with Crippen LogP contribution in [0, 0.1) is 6.92 Å². The lowest BCUT2D eigenvalue weighted by Gasteiger charge is -2.37. The van der Waals surface area contributed by atoms with E-state index in [1.165, 1.54) is 12.0 Å². The maximum absolute atomic E-state index is 12.2. The highest BCUT2D eigenvalue weighted by Gasteiger charge is 2.22. The fraction of sp³-hybridized carbons (Fsp3) is 0.588. The average molecular weight is 289 g/mol. The topological polar surface area (TPSA) is 35.6 Å². The molecule has 116 valence electrons. The highest BCUT2D eigenvalue weighted by molar-refractivity contribution is 5.74. The lowest BCUT2D eigenvalue weighted by Crippen LogP contribution is -2.53. The second kappa shape index (κ2) is 7.46. The van der Waals surface area contributed by atoms with Crippen LogP contribution >= 0.6 is 0 Å². The van der Waals surface area contributed by atoms with Gasteiger partial charge in [0.15, 0.2) is 0 Å². The number of aryl methyl sites for hydroxylation is 1. The van der Waals surface area contributed by atoms with E-state index in [1.807, 2.05) is 4.90 Å². The molecule has 1 N–H and O–H groups in total. The largest absolute Gasteiger partial charge is 0.334 e. The number of piperazine rings is 1. The van der Waals surface area contributed by atoms with Gasteiger partial charge in [0, 0.05) is 38.8 Å². The summed E-state index contributed by atoms with van der Waals surface area (Å²) < 4.78 is 0. The lowest BCUT2D eigenvalue weighted by atomic mass is 10.1. The van der Waals surface area contributed by atoms with Crippen molar-refractivity contribution >= 4 is 6.03 Å². The third-order valence-corrected chi connectivity index (χ3v) is 4.38. The number of benzene rings is 1. The standard InChI is InChI=1S/C17H27N3O/c1-4-15(3)19-9-11-20(12-10-19)17(21)18-13-16-7-5-14(2)6-8-16/h5-8,15H,4,9-13H2,1-3H3,(H,18,21). The average Bonchev–Trinajstić information content (AvgIpc) is 2.53. The van der Waals surface area contributed by atoms with Gasteiger partial charge in [0.2, 0.25) is 0 Å². The SMILES string of the molecule is CCC(C)N1CCN(C(=O)NCc2ccc(C)cc2)CC1. The minimum Gasteiger partial charge on any atom is -0.334 e. The van der Waals surface area contributed by atoms with Gasteiger partial charge in [-0.1, -0.05) is 36.8 Å². The van der Waals surface area contributed by atoms with Gasteiger partial charge in [-0.15, -0.1) is 0 Å². The molecule has 2 amide bonds. The summed E-state index contributed by atoms with van der Waals surface area (Å²) in [4.78, 5) is 16.6. The summed E-state index contributed by atoms with van der Waals surface area (Å²) in [6.45, 7) is 10.7. The second-order valence-corrected chi connectivity index (χ2v) is 5.92. The number of rotatable bonds is 4. The predicted octanol–water partition coefficient (Wildman–Crippen LogP) is 2.62. The summed E-state index contributed by atoms with van der Waals surface area (Å²) in [6, 6.07) is 8.95. The molecule has 0 saturated carbocycles. The summed E-state index contributed by atoms with van der Waals surface area (Å²) in [5, 5.41) is 3.01. The molecule has 1 aromatic carbocycles. The molecular formula is C17H27N3O. The van der Waals surface area contributed by atoms with Crippen molar-refractivity contribution in [3.05, 3.63) is 35.4 Å². The van der Waals surface area contributed by atoms with Crippen LogP contribution in [0.15, 0.2) is 24.3 Å². The van der Waals surface area contributed by atoms with Crippen molar-refractivity contribution in [2.45, 2.75) is 39.8 Å². The predicted molar refractivity (Wildman–Crippen MR) is 86.3 cm³/mol. The lowest BCUT2D eigenvalue weighted by molar-refractivity contribution is 0.112. The fourth-order valence-corrected chi connectivity index (χ4v) is 2.62. The molecule has 1 atom stereocenters. The molecule has 2 rings (SSSR count). The van der Waals surface area contributed by atoms with Crippen LogP contribution < -0.4 is 5.32 Å². The highest BCUT2D eigenvalue weighted by atomic mass is 16.2. The van der Waals surface area contributed by atoms with Gasteiger partial charge >= 0.3 is 6.03 Å². The van der Waals surface area contributed by atoms with Gasteiger partial charge in [-0.2, -0.15) is 0 Å². The smallest absolute Gasteiger partial charge is 0.317 e. The van der Waals surface area contributed by atoms with Crippen molar-refractivity contribution in [2.75, 3.05) is 26.2 Å². The van der Waals surface area contributed by atoms with Crippen LogP contribution in [0.5, 0.6) is 0 Å². The molecule has 4 heteroatoms. The molecule has 1 aromatic rings. The van der Waals surface area contributed by atoms with Crippen LogP contribution in [0.2, 0.25) is 0 Å². The van der Waals surface area contributed by atoms with E-state index >= 15 is 0 Å². The van der Waals surface area contributed by atoms with Gasteiger partial charge in [0.25, 0.3) is 0 Å². The van der Waals surface area contributed by atoms with E-state index < -0.39 is 0 Å². The molecule has 0 bridgehead atoms. The minimum atomic E-state index is 0.0550. The Morgan fingerprint density at radius 2 is 1.81 bits per heavy atom. The third-order valence-electron chi connectivity index (χ3n) is 4.38. The fourth-order valence-electron chi connectivity index (χ4n) is 2.62. The summed E-state index contributed by atoms with van der Waals surface area (Å²) in [5.41, 5.74) is 2.39. The third kappa shape index (κ3) is 4.46. The molecular weight excluding hydrogens is 262 g/mol. The van der Waals surface area contributed by atoms with Gasteiger partial charge < -0.3 is 10.2 Å². The first-order chi connectivity index (χ1) is 10.1. The molecule has 1 fully saturated rings. The zero-order chi connectivity index (χ0) is 15.2. The number of carbonyl (C=O) groups excluding carboxylic acids is 1. The normalized spacial score (nSPS) is 17.6. The number of nitrogens with one attached hydrogen (secondary N) is 1. The Labute approximate surface area is 128 Å². The highest BCUT2D eigenvalue weighted by Crippen LogP contribution is 2.09. The second-order valence-electron chi connectivity index (χ2n) is 5.92. The maximum Gasteiger partial charge on any atom is 0.317 e. The zero-order valence-electron chi connectivity index (χ0n) is 13.4. The van der Waals surface area contributed by atoms with Crippen LogP contribution in [0.4, 0.5) is 4.79 Å². The van der Waals surface area contributed by atoms with E-state index in [0.717, 1.165) is 31.7 Å². The van der Waals surface area contributed by atoms with Crippen molar-refractivity contribution in [3.63, 3.8) is 0 Å². The van der Waals surface area contributed by atoms with E-state index in [-0.39, 0.29) is 6.03 Å². The zero-order valence-corrected chi connectivity index (χ0v) is 13.4. The van der Waals surface area contributed by atoms with Crippen LogP contribution in [-0.2, 0) is 6.54 Å². The maximum atomic E-state index is 12.2. The van der Waals surface area contributed by atoms with Crippen LogP contribution in [0.3, 0.4) is 0 Å². The Kier molecular flexibility index (Phi) is 5.62. The first-order valence-electron chi connectivity index (χ1n) is 7.92. The molecule has 1 saturated heterocycles. The van der Waals surface area contributed by atoms with Crippen LogP contribution in [0.25, 0.3) is 0 Å². The Morgan fingerprint density at radius 1 is 1.19 bits per heavy atom. The molecule has 21 heavy (non-hydrogen) atoms. The quantitative estimate of drug-likeness (QED) is 0.925. The first-order valence-corrected chi connectivity index (χ1v) is 7.92. The molecule has 0 spiro atoms. The van der Waals surface area contributed by atoms with E-state index in [4.69, 9.17) is 0 Å². The number of amides is 2. The number of carbonyl (C=O) groups is 1. The molecule has 1 heterocycles. The Bertz CT molecular complexity index is 450. The van der Waals surface area contributed by atoms with Gasteiger partial charge in [-0.25, -0.2) is 4.79 Å². The molecule has 0 aromatic heterocycles. The van der Waals surface area contributed by atoms with Gasteiger partial charge in [0.05, 0.1) is 0 Å². The summed E-state index contributed by atoms with van der Waals surface area (Å²) in [7, 11) is 0. The molecule has 0 aliphatic carbocycles. The molecule has 1 unspecified atom stereocenters. The van der Waals surface area contributed by atoms with E-state index in [2.05, 4.69) is 55.3 Å². The summed E-state index contributed by atoms with van der Waals surface area (Å²) in [6.07, 6.45) is 1.17. The van der Waals surface area contributed by atoms with Crippen molar-refractivity contribution < 1.29 is 4.79 Å². The van der Waals surface area contributed by atoms with Gasteiger partial charge in [0.1, 0.15) is 0 Å². The first kappa shape index (κ1) is 15.8. The van der Waals surface area contributed by atoms with Crippen LogP contribution in [0.1, 0.15) is 31.4 Å². The molecule has 1 aliphatic rings. The Balaban J connectivity index is 1.76. The Hall–Kier alpha value is -1.55. The van der Waals surface area contributed by atoms with Crippen LogP contribution in [-0.4, -0.2) is 48.1 Å².